The van der Waals surface area contributed by atoms with Gasteiger partial charge in [0.05, 0.1) is 5.02 Å². The minimum absolute atomic E-state index is 0.00120. The normalized spacial score (nSPS) is 12.8. The van der Waals surface area contributed by atoms with Crippen LogP contribution in [0.15, 0.2) is 48.5 Å². The molecule has 4 N–H and O–H groups in total. The van der Waals surface area contributed by atoms with E-state index in [2.05, 4.69) is 21.5 Å². The zero-order valence-corrected chi connectivity index (χ0v) is 18.4. The number of hydrazine groups is 1. The number of carbonyl (C=O) groups excluding carboxylic acids is 3. The second-order valence-corrected chi connectivity index (χ2v) is 8.78. The highest BCUT2D eigenvalue weighted by molar-refractivity contribution is 7.80. The molecule has 0 atom stereocenters. The Kier molecular flexibility index (Phi) is 6.17. The fraction of sp³-hybridized carbons (Fsp3) is 0.143. The van der Waals surface area contributed by atoms with Gasteiger partial charge in [-0.3, -0.25) is 30.6 Å². The van der Waals surface area contributed by atoms with Crippen molar-refractivity contribution in [3.8, 4) is 0 Å². The number of fused-ring (bicyclic) bond motifs is 1. The number of rotatable bonds is 4. The summed E-state index contributed by atoms with van der Waals surface area (Å²) in [5.74, 6) is -0.810. The number of halogens is 1. The Bertz CT molecular complexity index is 1190. The summed E-state index contributed by atoms with van der Waals surface area (Å²) in [7, 11) is 0. The van der Waals surface area contributed by atoms with Gasteiger partial charge in [-0.2, -0.15) is 0 Å². The van der Waals surface area contributed by atoms with Crippen LogP contribution in [0.2, 0.25) is 5.02 Å². The number of thiophene rings is 1. The number of thiocarbonyl (C=S) groups is 1. The molecule has 0 bridgehead atoms. The minimum Gasteiger partial charge on any atom is -0.326 e. The van der Waals surface area contributed by atoms with Crippen LogP contribution < -0.4 is 21.5 Å². The van der Waals surface area contributed by atoms with Gasteiger partial charge in [-0.05, 0) is 55.4 Å². The Morgan fingerprint density at radius 3 is 2.35 bits per heavy atom. The third-order valence-corrected chi connectivity index (χ3v) is 6.50. The average molecular weight is 473 g/mol. The zero-order chi connectivity index (χ0) is 22.0. The van der Waals surface area contributed by atoms with Gasteiger partial charge in [-0.25, -0.2) is 0 Å². The van der Waals surface area contributed by atoms with Crippen LogP contribution in [0.25, 0.3) is 10.1 Å². The molecule has 10 heteroatoms. The molecule has 1 saturated carbocycles. The van der Waals surface area contributed by atoms with E-state index in [9.17, 15) is 14.4 Å². The fourth-order valence-electron chi connectivity index (χ4n) is 2.83. The van der Waals surface area contributed by atoms with Gasteiger partial charge in [-0.1, -0.05) is 29.8 Å². The van der Waals surface area contributed by atoms with Crippen molar-refractivity contribution >= 4 is 73.8 Å². The van der Waals surface area contributed by atoms with Gasteiger partial charge in [0.15, 0.2) is 5.11 Å². The van der Waals surface area contributed by atoms with Crippen LogP contribution in [0.5, 0.6) is 0 Å². The van der Waals surface area contributed by atoms with E-state index in [-0.39, 0.29) is 16.9 Å². The summed E-state index contributed by atoms with van der Waals surface area (Å²) < 4.78 is 0.890. The lowest BCUT2D eigenvalue weighted by Gasteiger charge is -2.11. The molecule has 1 fully saturated rings. The van der Waals surface area contributed by atoms with E-state index in [1.54, 1.807) is 24.3 Å². The highest BCUT2D eigenvalue weighted by Crippen LogP contribution is 2.35. The first-order valence-electron chi connectivity index (χ1n) is 9.42. The molecule has 31 heavy (non-hydrogen) atoms. The summed E-state index contributed by atoms with van der Waals surface area (Å²) in [5, 5.41) is 6.39. The van der Waals surface area contributed by atoms with Crippen LogP contribution in [-0.2, 0) is 4.79 Å². The first-order valence-corrected chi connectivity index (χ1v) is 11.0. The predicted molar refractivity (Wildman–Crippen MR) is 125 cm³/mol. The highest BCUT2D eigenvalue weighted by Gasteiger charge is 2.29. The molecular weight excluding hydrogens is 456 g/mol. The van der Waals surface area contributed by atoms with Crippen molar-refractivity contribution in [2.45, 2.75) is 12.8 Å². The van der Waals surface area contributed by atoms with Crippen molar-refractivity contribution in [2.75, 3.05) is 5.32 Å². The van der Waals surface area contributed by atoms with E-state index in [0.717, 1.165) is 22.9 Å². The standard InChI is InChI=1S/C21H17ClN4O3S2/c22-16-14-3-1-2-4-15(14)31-17(16)20(29)24-21(30)26-25-19(28)12-7-9-13(10-8-12)23-18(27)11-5-6-11/h1-4,7-11H,5-6H2,(H,23,27)(H,25,28)(H2,24,26,29,30). The maximum atomic E-state index is 12.5. The van der Waals surface area contributed by atoms with E-state index < -0.39 is 11.8 Å². The van der Waals surface area contributed by atoms with Crippen LogP contribution in [0.3, 0.4) is 0 Å². The lowest BCUT2D eigenvalue weighted by molar-refractivity contribution is -0.117. The summed E-state index contributed by atoms with van der Waals surface area (Å²) >= 11 is 12.6. The number of carbonyl (C=O) groups is 3. The van der Waals surface area contributed by atoms with Gasteiger partial charge in [0.1, 0.15) is 4.88 Å². The fourth-order valence-corrected chi connectivity index (χ4v) is 4.39. The Balaban J connectivity index is 1.29. The van der Waals surface area contributed by atoms with Crippen molar-refractivity contribution < 1.29 is 14.4 Å². The average Bonchev–Trinajstić information content (AvgIpc) is 3.57. The molecule has 1 aromatic heterocycles. The summed E-state index contributed by atoms with van der Waals surface area (Å²) in [4.78, 5) is 36.9. The third kappa shape index (κ3) is 5.01. The van der Waals surface area contributed by atoms with Crippen LogP contribution in [0.4, 0.5) is 5.69 Å². The van der Waals surface area contributed by atoms with Crippen LogP contribution in [-0.4, -0.2) is 22.8 Å². The maximum Gasteiger partial charge on any atom is 0.269 e. The molecular formula is C21H17ClN4O3S2. The molecule has 158 valence electrons. The lowest BCUT2D eigenvalue weighted by atomic mass is 10.2. The van der Waals surface area contributed by atoms with Crippen LogP contribution >= 0.6 is 35.2 Å². The number of hydrogen-bond donors (Lipinski definition) is 4. The topological polar surface area (TPSA) is 99.3 Å². The molecule has 0 radical (unpaired) electrons. The number of benzene rings is 2. The first kappa shape index (κ1) is 21.2. The third-order valence-electron chi connectivity index (χ3n) is 4.62. The van der Waals surface area contributed by atoms with E-state index in [1.807, 2.05) is 24.3 Å². The van der Waals surface area contributed by atoms with Crippen molar-refractivity contribution in [1.82, 2.24) is 16.2 Å². The second kappa shape index (κ2) is 9.01. The number of amides is 3. The Morgan fingerprint density at radius 2 is 1.68 bits per heavy atom. The SMILES string of the molecule is O=C(NNC(=S)NC(=O)c1sc2ccccc2c1Cl)c1ccc(NC(=O)C2CC2)cc1. The number of anilines is 1. The summed E-state index contributed by atoms with van der Waals surface area (Å²) in [6.07, 6.45) is 1.84. The number of hydrogen-bond acceptors (Lipinski definition) is 5. The molecule has 0 unspecified atom stereocenters. The van der Waals surface area contributed by atoms with Crippen LogP contribution in [0.1, 0.15) is 32.9 Å². The molecule has 4 rings (SSSR count). The molecule has 0 saturated heterocycles. The van der Waals surface area contributed by atoms with Gasteiger partial charge in [0.2, 0.25) is 5.91 Å². The second-order valence-electron chi connectivity index (χ2n) is 6.94. The quantitative estimate of drug-likeness (QED) is 0.341. The molecule has 1 aliphatic carbocycles. The lowest BCUT2D eigenvalue weighted by Crippen LogP contribution is -2.48. The van der Waals surface area contributed by atoms with Gasteiger partial charge in [0, 0.05) is 27.3 Å². The molecule has 3 aromatic rings. The van der Waals surface area contributed by atoms with E-state index in [0.29, 0.717) is 21.2 Å². The summed E-state index contributed by atoms with van der Waals surface area (Å²) in [6, 6.07) is 13.9. The van der Waals surface area contributed by atoms with Crippen molar-refractivity contribution in [3.63, 3.8) is 0 Å². The van der Waals surface area contributed by atoms with E-state index >= 15 is 0 Å². The monoisotopic (exact) mass is 472 g/mol. The highest BCUT2D eigenvalue weighted by atomic mass is 35.5. The van der Waals surface area contributed by atoms with Gasteiger partial charge in [0.25, 0.3) is 11.8 Å². The Hall–Kier alpha value is -3.01. The Morgan fingerprint density at radius 1 is 0.968 bits per heavy atom. The summed E-state index contributed by atoms with van der Waals surface area (Å²) in [6.45, 7) is 0. The van der Waals surface area contributed by atoms with Gasteiger partial charge < -0.3 is 5.32 Å². The van der Waals surface area contributed by atoms with E-state index in [1.165, 1.54) is 11.3 Å². The summed E-state index contributed by atoms with van der Waals surface area (Å²) in [5.41, 5.74) is 5.91. The van der Waals surface area contributed by atoms with Crippen LogP contribution in [0, 0.1) is 5.92 Å². The molecule has 7 nitrogen and oxygen atoms in total. The predicted octanol–water partition coefficient (Wildman–Crippen LogP) is 3.85. The van der Waals surface area contributed by atoms with Crippen molar-refractivity contribution in [2.24, 2.45) is 5.92 Å². The minimum atomic E-state index is -0.464. The maximum absolute atomic E-state index is 12.5. The molecule has 1 heterocycles. The molecule has 0 aliphatic heterocycles. The molecule has 0 spiro atoms. The molecule has 1 aliphatic rings. The van der Waals surface area contributed by atoms with Gasteiger partial charge in [-0.15, -0.1) is 11.3 Å². The zero-order valence-electron chi connectivity index (χ0n) is 16.0. The molecule has 2 aromatic carbocycles. The smallest absolute Gasteiger partial charge is 0.269 e. The van der Waals surface area contributed by atoms with Crippen molar-refractivity contribution in [1.29, 1.82) is 0 Å². The van der Waals surface area contributed by atoms with Gasteiger partial charge >= 0.3 is 0 Å². The Labute approximate surface area is 192 Å². The number of nitrogens with one attached hydrogen (secondary N) is 4. The first-order chi connectivity index (χ1) is 14.9. The molecule has 3 amide bonds. The van der Waals surface area contributed by atoms with E-state index in [4.69, 9.17) is 23.8 Å². The van der Waals surface area contributed by atoms with Crippen molar-refractivity contribution in [3.05, 3.63) is 64.0 Å². The largest absolute Gasteiger partial charge is 0.326 e.